The van der Waals surface area contributed by atoms with Gasteiger partial charge in [-0.15, -0.1) is 0 Å². The molecule has 0 aliphatic rings. The van der Waals surface area contributed by atoms with Crippen molar-refractivity contribution in [2.45, 2.75) is 13.3 Å². The highest BCUT2D eigenvalue weighted by atomic mass is 35.5. The summed E-state index contributed by atoms with van der Waals surface area (Å²) >= 11 is 5.37. The lowest BCUT2D eigenvalue weighted by Gasteiger charge is -1.92. The van der Waals surface area contributed by atoms with Gasteiger partial charge >= 0.3 is 0 Å². The fourth-order valence-electron chi connectivity index (χ4n) is 0.192. The highest BCUT2D eigenvalue weighted by Crippen LogP contribution is 2.11. The zero-order valence-electron chi connectivity index (χ0n) is 4.37. The molecule has 39 valence electrons. The Morgan fingerprint density at radius 1 is 1.86 bits per heavy atom. The van der Waals surface area contributed by atoms with E-state index in [2.05, 4.69) is 6.58 Å². The zero-order valence-corrected chi connectivity index (χ0v) is 5.13. The molecule has 0 aliphatic heterocycles. The fourth-order valence-corrected chi connectivity index (χ4v) is 0.325. The maximum atomic E-state index is 5.37. The first-order chi connectivity index (χ1) is 3.18. The first-order valence-corrected chi connectivity index (χ1v) is 2.52. The van der Waals surface area contributed by atoms with E-state index in [4.69, 9.17) is 18.2 Å². The molecule has 0 aromatic heterocycles. The minimum absolute atomic E-state index is 0.461. The van der Waals surface area contributed by atoms with Gasteiger partial charge in [0.05, 0.1) is 0 Å². The van der Waals surface area contributed by atoms with Gasteiger partial charge in [-0.1, -0.05) is 31.7 Å². The van der Waals surface area contributed by atoms with Crippen molar-refractivity contribution in [3.63, 3.8) is 0 Å². The van der Waals surface area contributed by atoms with Crippen LogP contribution in [0.3, 0.4) is 0 Å². The molecule has 0 bridgehead atoms. The topological polar surface area (TPSA) is 0 Å². The third-order valence-corrected chi connectivity index (χ3v) is 0.972. The van der Waals surface area contributed by atoms with E-state index in [1.165, 1.54) is 0 Å². The average molecular weight is 116 g/mol. The Morgan fingerprint density at radius 2 is 2.29 bits per heavy atom. The van der Waals surface area contributed by atoms with E-state index >= 15 is 0 Å². The van der Waals surface area contributed by atoms with Gasteiger partial charge in [-0.25, -0.2) is 0 Å². The molecule has 0 unspecified atom stereocenters. The van der Waals surface area contributed by atoms with E-state index in [0.29, 0.717) is 10.6 Å². The molecule has 0 atom stereocenters. The van der Waals surface area contributed by atoms with Crippen molar-refractivity contribution in [1.29, 1.82) is 0 Å². The molecule has 0 aliphatic carbocycles. The smallest absolute Gasteiger partial charge is 0.0366 e. The summed E-state index contributed by atoms with van der Waals surface area (Å²) in [5.74, 6) is 0. The van der Waals surface area contributed by atoms with Gasteiger partial charge in [-0.3, -0.25) is 0 Å². The van der Waals surface area contributed by atoms with Crippen molar-refractivity contribution in [2.75, 3.05) is 0 Å². The van der Waals surface area contributed by atoms with Gasteiger partial charge in [0.2, 0.25) is 0 Å². The van der Waals surface area contributed by atoms with Crippen LogP contribution in [0.2, 0.25) is 0 Å². The summed E-state index contributed by atoms with van der Waals surface area (Å²) < 4.78 is 0. The Kier molecular flexibility index (Phi) is 2.77. The Labute approximate surface area is 49.5 Å². The minimum atomic E-state index is 0.461. The second kappa shape index (κ2) is 2.86. The van der Waals surface area contributed by atoms with E-state index in [-0.39, 0.29) is 0 Å². The Hall–Kier alpha value is -0.230. The quantitative estimate of drug-likeness (QED) is 0.485. The van der Waals surface area contributed by atoms with E-state index in [0.717, 1.165) is 6.42 Å². The van der Waals surface area contributed by atoms with Crippen LogP contribution in [0.4, 0.5) is 0 Å². The summed E-state index contributed by atoms with van der Waals surface area (Å²) in [6.45, 7) is 10.7. The molecule has 7 heavy (non-hydrogen) atoms. The molecule has 0 aromatic rings. The monoisotopic (exact) mass is 115 g/mol. The number of hydrogen-bond acceptors (Lipinski definition) is 0. The van der Waals surface area contributed by atoms with E-state index in [1.807, 2.05) is 6.92 Å². The summed E-state index contributed by atoms with van der Waals surface area (Å²) in [5, 5.41) is 0.461. The molecule has 0 aromatic carbocycles. The summed E-state index contributed by atoms with van der Waals surface area (Å²) in [7, 11) is 0. The standard InChI is InChI=1S/C6H8Cl/c1-4-5(2)6(3)7/h2H,3-4H2,1H3. The molecule has 0 fully saturated rings. The molecule has 0 nitrogen and oxygen atoms in total. The van der Waals surface area contributed by atoms with E-state index in [1.54, 1.807) is 0 Å². The lowest BCUT2D eigenvalue weighted by Crippen LogP contribution is -1.72. The van der Waals surface area contributed by atoms with E-state index in [9.17, 15) is 0 Å². The van der Waals surface area contributed by atoms with Crippen molar-refractivity contribution in [3.8, 4) is 0 Å². The Balaban J connectivity index is 3.58. The number of halogens is 1. The molecule has 0 spiro atoms. The zero-order chi connectivity index (χ0) is 5.86. The predicted molar refractivity (Wildman–Crippen MR) is 33.1 cm³/mol. The lowest BCUT2D eigenvalue weighted by molar-refractivity contribution is 1.15. The first-order valence-electron chi connectivity index (χ1n) is 2.14. The van der Waals surface area contributed by atoms with E-state index < -0.39 is 0 Å². The van der Waals surface area contributed by atoms with Crippen LogP contribution in [-0.2, 0) is 0 Å². The second-order valence-corrected chi connectivity index (χ2v) is 1.74. The summed E-state index contributed by atoms with van der Waals surface area (Å²) in [6, 6.07) is 0. The molecule has 0 saturated carbocycles. The summed E-state index contributed by atoms with van der Waals surface area (Å²) in [6.07, 6.45) is 0.780. The molecular weight excluding hydrogens is 108 g/mol. The van der Waals surface area contributed by atoms with Crippen LogP contribution < -0.4 is 0 Å². The van der Waals surface area contributed by atoms with Gasteiger partial charge in [-0.05, 0) is 12.0 Å². The average Bonchev–Trinajstić information content (AvgIpc) is 1.65. The van der Waals surface area contributed by atoms with Gasteiger partial charge in [0.25, 0.3) is 0 Å². The molecule has 0 heterocycles. The van der Waals surface area contributed by atoms with Gasteiger partial charge in [-0.2, -0.15) is 0 Å². The minimum Gasteiger partial charge on any atom is -0.0847 e. The van der Waals surface area contributed by atoms with Gasteiger partial charge in [0.15, 0.2) is 0 Å². The second-order valence-electron chi connectivity index (χ2n) is 1.28. The largest absolute Gasteiger partial charge is 0.0847 e. The Bertz CT molecular complexity index is 92.4. The van der Waals surface area contributed by atoms with Crippen LogP contribution in [0.25, 0.3) is 0 Å². The van der Waals surface area contributed by atoms with Crippen molar-refractivity contribution in [1.82, 2.24) is 0 Å². The number of allylic oxidation sites excluding steroid dienone is 2. The fraction of sp³-hybridized carbons (Fsp3) is 0.333. The van der Waals surface area contributed by atoms with Crippen molar-refractivity contribution in [2.24, 2.45) is 0 Å². The summed E-state index contributed by atoms with van der Waals surface area (Å²) in [4.78, 5) is 0. The van der Waals surface area contributed by atoms with Gasteiger partial charge < -0.3 is 0 Å². The molecule has 1 heteroatoms. The van der Waals surface area contributed by atoms with Gasteiger partial charge in [0, 0.05) is 5.03 Å². The molecule has 0 saturated heterocycles. The molecule has 0 amide bonds. The maximum Gasteiger partial charge on any atom is 0.0366 e. The molecule has 1 radical (unpaired) electrons. The first kappa shape index (κ1) is 6.77. The lowest BCUT2D eigenvalue weighted by atomic mass is 10.2. The molecular formula is C6H8Cl. The predicted octanol–water partition coefficient (Wildman–Crippen LogP) is 2.51. The highest BCUT2D eigenvalue weighted by Gasteiger charge is 1.88. The van der Waals surface area contributed by atoms with Crippen LogP contribution in [0, 0.1) is 6.58 Å². The van der Waals surface area contributed by atoms with Crippen LogP contribution in [0.15, 0.2) is 17.2 Å². The van der Waals surface area contributed by atoms with Crippen LogP contribution in [0.5, 0.6) is 0 Å². The van der Waals surface area contributed by atoms with Crippen molar-refractivity contribution >= 4 is 11.6 Å². The Morgan fingerprint density at radius 3 is 2.29 bits per heavy atom. The van der Waals surface area contributed by atoms with Crippen LogP contribution in [-0.4, -0.2) is 0 Å². The normalized spacial score (nSPS) is 8.29. The van der Waals surface area contributed by atoms with Crippen molar-refractivity contribution < 1.29 is 0 Å². The third-order valence-electron chi connectivity index (χ3n) is 0.729. The van der Waals surface area contributed by atoms with Gasteiger partial charge in [0.1, 0.15) is 0 Å². The number of rotatable bonds is 2. The molecule has 0 N–H and O–H groups in total. The SMILES string of the molecule is [CH]=C(CC)C(=C)Cl. The van der Waals surface area contributed by atoms with Crippen LogP contribution in [0.1, 0.15) is 13.3 Å². The van der Waals surface area contributed by atoms with Crippen molar-refractivity contribution in [3.05, 3.63) is 23.8 Å². The number of hydrogen-bond donors (Lipinski definition) is 0. The maximum absolute atomic E-state index is 5.37. The molecule has 0 rings (SSSR count). The highest BCUT2D eigenvalue weighted by molar-refractivity contribution is 6.31. The summed E-state index contributed by atoms with van der Waals surface area (Å²) in [5.41, 5.74) is 0.668. The van der Waals surface area contributed by atoms with Crippen LogP contribution >= 0.6 is 11.6 Å². The third kappa shape index (κ3) is 2.46.